The number of thioether (sulfide) groups is 1. The Hall–Kier alpha value is -2.27. The molecule has 3 rings (SSSR count). The molecular weight excluding hydrogens is 320 g/mol. The van der Waals surface area contributed by atoms with E-state index in [1.165, 1.54) is 11.8 Å². The summed E-state index contributed by atoms with van der Waals surface area (Å²) in [6, 6.07) is 15.6. The standard InChI is InChI=1S/C19H20N2O2S/c1-12-7-3-4-8-14(12)13(2)20-18(22)11-17-19(23)21-15-9-5-6-10-16(15)24-17/h3-10,13,17H,11H2,1-2H3,(H,20,22)(H,21,23). The Morgan fingerprint density at radius 3 is 2.71 bits per heavy atom. The maximum atomic E-state index is 12.4. The van der Waals surface area contributed by atoms with Crippen molar-refractivity contribution in [2.24, 2.45) is 0 Å². The van der Waals surface area contributed by atoms with Gasteiger partial charge < -0.3 is 10.6 Å². The molecule has 0 saturated heterocycles. The highest BCUT2D eigenvalue weighted by Gasteiger charge is 2.29. The molecule has 5 heteroatoms. The van der Waals surface area contributed by atoms with Crippen LogP contribution in [0.2, 0.25) is 0 Å². The van der Waals surface area contributed by atoms with Gasteiger partial charge in [0.15, 0.2) is 0 Å². The molecular formula is C19H20N2O2S. The predicted molar refractivity (Wildman–Crippen MR) is 97.1 cm³/mol. The number of hydrogen-bond acceptors (Lipinski definition) is 3. The molecule has 124 valence electrons. The van der Waals surface area contributed by atoms with Crippen LogP contribution in [0.1, 0.15) is 30.5 Å². The third kappa shape index (κ3) is 3.62. The number of carbonyl (C=O) groups excluding carboxylic acids is 2. The molecule has 1 aliphatic rings. The minimum absolute atomic E-state index is 0.0809. The maximum Gasteiger partial charge on any atom is 0.238 e. The van der Waals surface area contributed by atoms with Gasteiger partial charge in [0, 0.05) is 11.3 Å². The van der Waals surface area contributed by atoms with Gasteiger partial charge in [0.2, 0.25) is 11.8 Å². The van der Waals surface area contributed by atoms with E-state index in [-0.39, 0.29) is 24.3 Å². The van der Waals surface area contributed by atoms with Crippen LogP contribution >= 0.6 is 11.8 Å². The van der Waals surface area contributed by atoms with Crippen molar-refractivity contribution in [3.63, 3.8) is 0 Å². The van der Waals surface area contributed by atoms with Crippen LogP contribution in [0.25, 0.3) is 0 Å². The highest BCUT2D eigenvalue weighted by atomic mass is 32.2. The van der Waals surface area contributed by atoms with E-state index in [1.54, 1.807) is 0 Å². The van der Waals surface area contributed by atoms with Crippen LogP contribution in [0.3, 0.4) is 0 Å². The van der Waals surface area contributed by atoms with Crippen molar-refractivity contribution >= 4 is 29.3 Å². The predicted octanol–water partition coefficient (Wildman–Crippen LogP) is 3.68. The molecule has 2 aromatic carbocycles. The zero-order valence-corrected chi connectivity index (χ0v) is 14.5. The number of hydrogen-bond donors (Lipinski definition) is 2. The van der Waals surface area contributed by atoms with Crippen LogP contribution in [0.5, 0.6) is 0 Å². The lowest BCUT2D eigenvalue weighted by Gasteiger charge is -2.24. The van der Waals surface area contributed by atoms with Gasteiger partial charge in [0.1, 0.15) is 0 Å². The van der Waals surface area contributed by atoms with Crippen LogP contribution < -0.4 is 10.6 Å². The Morgan fingerprint density at radius 2 is 1.92 bits per heavy atom. The average molecular weight is 340 g/mol. The zero-order chi connectivity index (χ0) is 17.1. The van der Waals surface area contributed by atoms with Crippen molar-refractivity contribution in [1.82, 2.24) is 5.32 Å². The number of benzene rings is 2. The second-order valence-electron chi connectivity index (χ2n) is 5.94. The molecule has 0 spiro atoms. The Labute approximate surface area is 146 Å². The third-order valence-electron chi connectivity index (χ3n) is 4.11. The van der Waals surface area contributed by atoms with E-state index in [4.69, 9.17) is 0 Å². The van der Waals surface area contributed by atoms with E-state index < -0.39 is 5.25 Å². The molecule has 2 unspecified atom stereocenters. The normalized spacial score (nSPS) is 17.6. The number of nitrogens with one attached hydrogen (secondary N) is 2. The molecule has 0 radical (unpaired) electrons. The van der Waals surface area contributed by atoms with Gasteiger partial charge in [-0.05, 0) is 37.1 Å². The number of para-hydroxylation sites is 1. The van der Waals surface area contributed by atoms with Crippen LogP contribution in [0, 0.1) is 6.92 Å². The second kappa shape index (κ2) is 7.09. The van der Waals surface area contributed by atoms with Crippen molar-refractivity contribution in [2.75, 3.05) is 5.32 Å². The van der Waals surface area contributed by atoms with Crippen molar-refractivity contribution < 1.29 is 9.59 Å². The molecule has 0 aliphatic carbocycles. The summed E-state index contributed by atoms with van der Waals surface area (Å²) in [5.74, 6) is -0.227. The van der Waals surface area contributed by atoms with Crippen LogP contribution in [-0.2, 0) is 9.59 Å². The molecule has 0 bridgehead atoms. The Bertz CT molecular complexity index is 775. The fourth-order valence-electron chi connectivity index (χ4n) is 2.85. The van der Waals surface area contributed by atoms with E-state index in [1.807, 2.05) is 62.4 Å². The first-order valence-electron chi connectivity index (χ1n) is 7.96. The van der Waals surface area contributed by atoms with Gasteiger partial charge in [-0.3, -0.25) is 9.59 Å². The molecule has 1 heterocycles. The first-order chi connectivity index (χ1) is 11.5. The first kappa shape index (κ1) is 16.6. The largest absolute Gasteiger partial charge is 0.350 e. The molecule has 24 heavy (non-hydrogen) atoms. The van der Waals surface area contributed by atoms with Crippen molar-refractivity contribution in [1.29, 1.82) is 0 Å². The molecule has 0 fully saturated rings. The molecule has 1 aliphatic heterocycles. The zero-order valence-electron chi connectivity index (χ0n) is 13.7. The van der Waals surface area contributed by atoms with Gasteiger partial charge in [0.05, 0.1) is 17.0 Å². The number of amides is 2. The van der Waals surface area contributed by atoms with Gasteiger partial charge in [0.25, 0.3) is 0 Å². The van der Waals surface area contributed by atoms with E-state index in [0.29, 0.717) is 0 Å². The summed E-state index contributed by atoms with van der Waals surface area (Å²) < 4.78 is 0. The maximum absolute atomic E-state index is 12.4. The molecule has 2 amide bonds. The number of fused-ring (bicyclic) bond motifs is 1. The Morgan fingerprint density at radius 1 is 1.21 bits per heavy atom. The number of anilines is 1. The molecule has 4 nitrogen and oxygen atoms in total. The smallest absolute Gasteiger partial charge is 0.238 e. The van der Waals surface area contributed by atoms with E-state index in [0.717, 1.165) is 21.7 Å². The quantitative estimate of drug-likeness (QED) is 0.893. The second-order valence-corrected chi connectivity index (χ2v) is 7.19. The summed E-state index contributed by atoms with van der Waals surface area (Å²) in [5.41, 5.74) is 3.05. The van der Waals surface area contributed by atoms with Gasteiger partial charge in [-0.25, -0.2) is 0 Å². The fourth-order valence-corrected chi connectivity index (χ4v) is 3.96. The van der Waals surface area contributed by atoms with Gasteiger partial charge in [-0.2, -0.15) is 0 Å². The minimum atomic E-state index is -0.399. The lowest BCUT2D eigenvalue weighted by molar-refractivity contribution is -0.124. The van der Waals surface area contributed by atoms with Crippen molar-refractivity contribution in [3.8, 4) is 0 Å². The van der Waals surface area contributed by atoms with Gasteiger partial charge in [-0.1, -0.05) is 36.4 Å². The number of rotatable bonds is 4. The van der Waals surface area contributed by atoms with Gasteiger partial charge in [-0.15, -0.1) is 11.8 Å². The SMILES string of the molecule is Cc1ccccc1C(C)NC(=O)CC1Sc2ccccc2NC1=O. The highest BCUT2D eigenvalue weighted by molar-refractivity contribution is 8.01. The summed E-state index contributed by atoms with van der Waals surface area (Å²) in [4.78, 5) is 25.6. The lowest BCUT2D eigenvalue weighted by Crippen LogP contribution is -2.35. The van der Waals surface area contributed by atoms with E-state index in [9.17, 15) is 9.59 Å². The summed E-state index contributed by atoms with van der Waals surface area (Å²) in [7, 11) is 0. The highest BCUT2D eigenvalue weighted by Crippen LogP contribution is 2.36. The molecule has 0 aromatic heterocycles. The molecule has 2 atom stereocenters. The minimum Gasteiger partial charge on any atom is -0.350 e. The first-order valence-corrected chi connectivity index (χ1v) is 8.84. The summed E-state index contributed by atoms with van der Waals surface area (Å²) >= 11 is 1.45. The van der Waals surface area contributed by atoms with Gasteiger partial charge >= 0.3 is 0 Å². The van der Waals surface area contributed by atoms with E-state index in [2.05, 4.69) is 10.6 Å². The third-order valence-corrected chi connectivity index (χ3v) is 5.39. The van der Waals surface area contributed by atoms with Crippen LogP contribution in [-0.4, -0.2) is 17.1 Å². The topological polar surface area (TPSA) is 58.2 Å². The van der Waals surface area contributed by atoms with Crippen LogP contribution in [0.4, 0.5) is 5.69 Å². The molecule has 0 saturated carbocycles. The lowest BCUT2D eigenvalue weighted by atomic mass is 10.0. The molecule has 2 aromatic rings. The average Bonchev–Trinajstić information content (AvgIpc) is 2.55. The number of aryl methyl sites for hydroxylation is 1. The monoisotopic (exact) mass is 340 g/mol. The Balaban J connectivity index is 1.63. The van der Waals surface area contributed by atoms with Crippen molar-refractivity contribution in [3.05, 3.63) is 59.7 Å². The summed E-state index contributed by atoms with van der Waals surface area (Å²) in [6.07, 6.45) is 0.168. The molecule has 2 N–H and O–H groups in total. The van der Waals surface area contributed by atoms with E-state index >= 15 is 0 Å². The number of carbonyl (C=O) groups is 2. The van der Waals surface area contributed by atoms with Crippen molar-refractivity contribution in [2.45, 2.75) is 36.5 Å². The van der Waals surface area contributed by atoms with Crippen LogP contribution in [0.15, 0.2) is 53.4 Å². The summed E-state index contributed by atoms with van der Waals surface area (Å²) in [5, 5.41) is 5.47. The summed E-state index contributed by atoms with van der Waals surface area (Å²) in [6.45, 7) is 3.99. The Kier molecular flexibility index (Phi) is 4.90. The fraction of sp³-hybridized carbons (Fsp3) is 0.263.